The van der Waals surface area contributed by atoms with Crippen molar-refractivity contribution in [1.82, 2.24) is 0 Å². The highest BCUT2D eigenvalue weighted by molar-refractivity contribution is 14.1. The molecule has 0 aromatic heterocycles. The van der Waals surface area contributed by atoms with Gasteiger partial charge in [-0.15, -0.1) is 0 Å². The van der Waals surface area contributed by atoms with Crippen LogP contribution in [0.3, 0.4) is 0 Å². The molecule has 0 radical (unpaired) electrons. The Kier molecular flexibility index (Phi) is 1.67. The van der Waals surface area contributed by atoms with Crippen LogP contribution in [0.2, 0.25) is 0 Å². The Balaban J connectivity index is 2.78. The number of hydrogen-bond acceptors (Lipinski definition) is 1. The Morgan fingerprint density at radius 1 is 1.75 bits per heavy atom. The highest BCUT2D eigenvalue weighted by atomic mass is 127. The lowest BCUT2D eigenvalue weighted by molar-refractivity contribution is -0.832. The first-order chi connectivity index (χ1) is 3.70. The van der Waals surface area contributed by atoms with Crippen LogP contribution in [0.1, 0.15) is 6.92 Å². The molecule has 0 amide bonds. The average molecular weight is 223 g/mol. The summed E-state index contributed by atoms with van der Waals surface area (Å²) in [6, 6.07) is 0. The lowest BCUT2D eigenvalue weighted by Crippen LogP contribution is -3.00. The van der Waals surface area contributed by atoms with E-state index in [1.807, 2.05) is 14.0 Å². The summed E-state index contributed by atoms with van der Waals surface area (Å²) in [6.07, 6.45) is 2.08. The SMILES string of the molecule is CC1=N[NH+](C)C(I)=C1. The number of rotatable bonds is 0. The molecule has 1 atom stereocenters. The molecule has 0 aliphatic carbocycles. The fraction of sp³-hybridized carbons (Fsp3) is 0.400. The molecular weight excluding hydrogens is 215 g/mol. The van der Waals surface area contributed by atoms with E-state index in [1.165, 1.54) is 3.70 Å². The summed E-state index contributed by atoms with van der Waals surface area (Å²) < 4.78 is 1.26. The Morgan fingerprint density at radius 2 is 2.38 bits per heavy atom. The summed E-state index contributed by atoms with van der Waals surface area (Å²) in [6.45, 7) is 2.01. The van der Waals surface area contributed by atoms with Crippen molar-refractivity contribution in [3.05, 3.63) is 9.78 Å². The predicted molar refractivity (Wildman–Crippen MR) is 42.1 cm³/mol. The van der Waals surface area contributed by atoms with Crippen LogP contribution in [0.15, 0.2) is 14.9 Å². The molecule has 1 aliphatic heterocycles. The molecule has 2 nitrogen and oxygen atoms in total. The van der Waals surface area contributed by atoms with Gasteiger partial charge in [0.15, 0.2) is 3.70 Å². The number of halogens is 1. The van der Waals surface area contributed by atoms with Gasteiger partial charge in [0, 0.05) is 28.7 Å². The van der Waals surface area contributed by atoms with E-state index in [0.717, 1.165) is 10.7 Å². The Morgan fingerprint density at radius 3 is 2.50 bits per heavy atom. The molecular formula is C5H8IN2+. The lowest BCUT2D eigenvalue weighted by Gasteiger charge is -1.95. The number of hydrogen-bond donors (Lipinski definition) is 1. The molecule has 1 aliphatic rings. The Hall–Kier alpha value is 0.100. The molecule has 0 saturated carbocycles. The van der Waals surface area contributed by atoms with Crippen LogP contribution in [0.4, 0.5) is 0 Å². The second kappa shape index (κ2) is 2.14. The normalized spacial score (nSPS) is 27.6. The number of quaternary nitrogens is 1. The first-order valence-corrected chi connectivity index (χ1v) is 3.54. The zero-order chi connectivity index (χ0) is 6.15. The number of allylic oxidation sites excluding steroid dienone is 1. The average Bonchev–Trinajstić information content (AvgIpc) is 1.85. The van der Waals surface area contributed by atoms with Crippen molar-refractivity contribution in [3.8, 4) is 0 Å². The van der Waals surface area contributed by atoms with Gasteiger partial charge in [0.1, 0.15) is 0 Å². The molecule has 8 heavy (non-hydrogen) atoms. The van der Waals surface area contributed by atoms with Crippen LogP contribution < -0.4 is 5.01 Å². The fourth-order valence-corrected chi connectivity index (χ4v) is 1.21. The van der Waals surface area contributed by atoms with Gasteiger partial charge in [-0.1, -0.05) is 5.10 Å². The first-order valence-electron chi connectivity index (χ1n) is 2.46. The molecule has 0 aromatic carbocycles. The standard InChI is InChI=1S/C5H7IN2/c1-4-3-5(6)8(2)7-4/h3H,1-2H3/p+1. The predicted octanol–water partition coefficient (Wildman–Crippen LogP) is 0.167. The minimum absolute atomic E-state index is 1.12. The fourth-order valence-electron chi connectivity index (χ4n) is 0.638. The third-order valence-corrected chi connectivity index (χ3v) is 2.12. The van der Waals surface area contributed by atoms with Gasteiger partial charge in [0.2, 0.25) is 0 Å². The van der Waals surface area contributed by atoms with Crippen molar-refractivity contribution < 1.29 is 5.01 Å². The zero-order valence-electron chi connectivity index (χ0n) is 4.90. The van der Waals surface area contributed by atoms with Gasteiger partial charge < -0.3 is 0 Å². The van der Waals surface area contributed by atoms with Gasteiger partial charge in [0.05, 0.1) is 12.8 Å². The minimum atomic E-state index is 1.12. The molecule has 0 saturated heterocycles. The summed E-state index contributed by atoms with van der Waals surface area (Å²) in [7, 11) is 2.02. The third-order valence-electron chi connectivity index (χ3n) is 1.03. The molecule has 1 N–H and O–H groups in total. The van der Waals surface area contributed by atoms with E-state index >= 15 is 0 Å². The van der Waals surface area contributed by atoms with Crippen LogP contribution in [-0.2, 0) is 0 Å². The van der Waals surface area contributed by atoms with Gasteiger partial charge >= 0.3 is 0 Å². The molecule has 3 heteroatoms. The smallest absolute Gasteiger partial charge is 0.174 e. The summed E-state index contributed by atoms with van der Waals surface area (Å²) >= 11 is 2.28. The van der Waals surface area contributed by atoms with Crippen LogP contribution in [0.5, 0.6) is 0 Å². The quantitative estimate of drug-likeness (QED) is 0.445. The molecule has 0 bridgehead atoms. The van der Waals surface area contributed by atoms with Gasteiger partial charge in [0.25, 0.3) is 0 Å². The molecule has 44 valence electrons. The van der Waals surface area contributed by atoms with E-state index in [9.17, 15) is 0 Å². The van der Waals surface area contributed by atoms with Crippen molar-refractivity contribution in [1.29, 1.82) is 0 Å². The maximum absolute atomic E-state index is 4.20. The summed E-state index contributed by atoms with van der Waals surface area (Å²) in [4.78, 5) is 0. The molecule has 0 spiro atoms. The van der Waals surface area contributed by atoms with E-state index in [-0.39, 0.29) is 0 Å². The molecule has 1 heterocycles. The highest BCUT2D eigenvalue weighted by Gasteiger charge is 2.12. The summed E-state index contributed by atoms with van der Waals surface area (Å²) in [5.74, 6) is 0. The molecule has 1 rings (SSSR count). The maximum Gasteiger partial charge on any atom is 0.195 e. The van der Waals surface area contributed by atoms with Gasteiger partial charge in [-0.3, -0.25) is 0 Å². The van der Waals surface area contributed by atoms with Crippen molar-refractivity contribution in [2.75, 3.05) is 7.05 Å². The van der Waals surface area contributed by atoms with E-state index in [4.69, 9.17) is 0 Å². The monoisotopic (exact) mass is 223 g/mol. The van der Waals surface area contributed by atoms with Crippen LogP contribution in [0, 0.1) is 0 Å². The Bertz CT molecular complexity index is 160. The third kappa shape index (κ3) is 1.08. The lowest BCUT2D eigenvalue weighted by atomic mass is 10.4. The second-order valence-electron chi connectivity index (χ2n) is 1.83. The van der Waals surface area contributed by atoms with Crippen LogP contribution >= 0.6 is 22.6 Å². The van der Waals surface area contributed by atoms with E-state index in [0.29, 0.717) is 0 Å². The summed E-state index contributed by atoms with van der Waals surface area (Å²) in [5, 5.41) is 5.34. The number of nitrogens with zero attached hydrogens (tertiary/aromatic N) is 1. The number of nitrogens with one attached hydrogen (secondary N) is 1. The first kappa shape index (κ1) is 6.22. The van der Waals surface area contributed by atoms with E-state index in [2.05, 4.69) is 33.8 Å². The minimum Gasteiger partial charge on any atom is -0.174 e. The van der Waals surface area contributed by atoms with Crippen molar-refractivity contribution in [2.45, 2.75) is 6.92 Å². The van der Waals surface area contributed by atoms with Crippen LogP contribution in [-0.4, -0.2) is 12.8 Å². The topological polar surface area (TPSA) is 16.8 Å². The van der Waals surface area contributed by atoms with Gasteiger partial charge in [-0.25, -0.2) is 0 Å². The second-order valence-corrected chi connectivity index (χ2v) is 2.99. The van der Waals surface area contributed by atoms with Crippen molar-refractivity contribution >= 4 is 28.3 Å². The molecule has 0 aromatic rings. The van der Waals surface area contributed by atoms with Gasteiger partial charge in [-0.05, 0) is 6.92 Å². The zero-order valence-corrected chi connectivity index (χ0v) is 7.06. The highest BCUT2D eigenvalue weighted by Crippen LogP contribution is 1.99. The van der Waals surface area contributed by atoms with Crippen molar-refractivity contribution in [3.63, 3.8) is 0 Å². The maximum atomic E-state index is 4.20. The van der Waals surface area contributed by atoms with E-state index < -0.39 is 0 Å². The van der Waals surface area contributed by atoms with Gasteiger partial charge in [-0.2, -0.15) is 5.01 Å². The summed E-state index contributed by atoms with van der Waals surface area (Å²) in [5.41, 5.74) is 1.12. The largest absolute Gasteiger partial charge is 0.195 e. The Labute approximate surface area is 62.4 Å². The molecule has 0 fully saturated rings. The van der Waals surface area contributed by atoms with E-state index in [1.54, 1.807) is 0 Å². The molecule has 1 unspecified atom stereocenters. The van der Waals surface area contributed by atoms with Crippen molar-refractivity contribution in [2.24, 2.45) is 5.10 Å². The van der Waals surface area contributed by atoms with Crippen LogP contribution in [0.25, 0.3) is 0 Å².